The van der Waals surface area contributed by atoms with E-state index >= 15 is 0 Å². The van der Waals surface area contributed by atoms with E-state index in [0.717, 1.165) is 18.2 Å². The molecule has 8 heteroatoms. The Balaban J connectivity index is 2.93. The molecule has 0 aromatic heterocycles. The van der Waals surface area contributed by atoms with E-state index in [1.807, 2.05) is 0 Å². The van der Waals surface area contributed by atoms with E-state index in [1.54, 1.807) is 0 Å². The van der Waals surface area contributed by atoms with Gasteiger partial charge in [-0.3, -0.25) is 4.79 Å². The molecule has 0 aliphatic heterocycles. The van der Waals surface area contributed by atoms with Gasteiger partial charge in [0.2, 0.25) is 0 Å². The average Bonchev–Trinajstić information content (AvgIpc) is 2.24. The van der Waals surface area contributed by atoms with E-state index in [0.29, 0.717) is 6.07 Å². The summed E-state index contributed by atoms with van der Waals surface area (Å²) in [6, 6.07) is 3.62. The Morgan fingerprint density at radius 1 is 1.06 bits per heavy atom. The summed E-state index contributed by atoms with van der Waals surface area (Å²) in [5.41, 5.74) is -2.11. The molecule has 0 unspecified atom stereocenters. The van der Waals surface area contributed by atoms with Gasteiger partial charge in [0, 0.05) is 0 Å². The van der Waals surface area contributed by atoms with Gasteiger partial charge in [0.15, 0.2) is 0 Å². The highest BCUT2D eigenvalue weighted by Gasteiger charge is 2.35. The maximum atomic E-state index is 12.5. The third-order valence-electron chi connectivity index (χ3n) is 1.93. The fraction of sp³-hybridized carbons (Fsp3) is 0.300. The van der Waals surface area contributed by atoms with Gasteiger partial charge >= 0.3 is 12.4 Å². The van der Waals surface area contributed by atoms with Crippen molar-refractivity contribution in [3.05, 3.63) is 35.4 Å². The van der Waals surface area contributed by atoms with Crippen molar-refractivity contribution in [3.8, 4) is 0 Å². The summed E-state index contributed by atoms with van der Waals surface area (Å²) in [5.74, 6) is -1.42. The average molecular weight is 271 g/mol. The highest BCUT2D eigenvalue weighted by atomic mass is 19.4. The van der Waals surface area contributed by atoms with Crippen LogP contribution in [-0.4, -0.2) is 18.6 Å². The zero-order chi connectivity index (χ0) is 14.0. The Kier molecular flexibility index (Phi) is 3.88. The molecule has 1 aromatic rings. The Bertz CT molecular complexity index is 437. The van der Waals surface area contributed by atoms with Crippen molar-refractivity contribution in [1.82, 2.24) is 5.32 Å². The number of benzene rings is 1. The summed E-state index contributed by atoms with van der Waals surface area (Å²) in [7, 11) is 0. The highest BCUT2D eigenvalue weighted by molar-refractivity contribution is 5.95. The Morgan fingerprint density at radius 2 is 1.61 bits per heavy atom. The minimum atomic E-state index is -4.80. The van der Waals surface area contributed by atoms with Crippen molar-refractivity contribution in [2.75, 3.05) is 6.54 Å². The van der Waals surface area contributed by atoms with E-state index in [1.165, 1.54) is 5.32 Å². The molecule has 1 aromatic carbocycles. The number of carbonyl (C=O) groups excluding carboxylic acids is 1. The van der Waals surface area contributed by atoms with Gasteiger partial charge in [-0.2, -0.15) is 26.3 Å². The first-order valence-corrected chi connectivity index (χ1v) is 4.62. The quantitative estimate of drug-likeness (QED) is 0.823. The van der Waals surface area contributed by atoms with Crippen LogP contribution in [0.4, 0.5) is 26.3 Å². The van der Waals surface area contributed by atoms with E-state index in [9.17, 15) is 31.1 Å². The Hall–Kier alpha value is -1.73. The molecule has 0 atom stereocenters. The predicted octanol–water partition coefficient (Wildman–Crippen LogP) is 3.00. The number of amides is 1. The van der Waals surface area contributed by atoms with Crippen molar-refractivity contribution >= 4 is 5.91 Å². The number of alkyl halides is 6. The van der Waals surface area contributed by atoms with Gasteiger partial charge in [-0.05, 0) is 12.1 Å². The molecular formula is C10H7F6NO. The molecule has 1 rings (SSSR count). The molecule has 2 nitrogen and oxygen atoms in total. The fourth-order valence-corrected chi connectivity index (χ4v) is 1.20. The molecule has 0 radical (unpaired) electrons. The minimum absolute atomic E-state index is 0.627. The van der Waals surface area contributed by atoms with Gasteiger partial charge in [-0.25, -0.2) is 0 Å². The van der Waals surface area contributed by atoms with Crippen molar-refractivity contribution in [3.63, 3.8) is 0 Å². The van der Waals surface area contributed by atoms with Crippen LogP contribution in [0.2, 0.25) is 0 Å². The first-order chi connectivity index (χ1) is 8.11. The van der Waals surface area contributed by atoms with Gasteiger partial charge < -0.3 is 5.32 Å². The zero-order valence-electron chi connectivity index (χ0n) is 8.69. The van der Waals surface area contributed by atoms with Crippen LogP contribution in [0.3, 0.4) is 0 Å². The summed E-state index contributed by atoms with van der Waals surface area (Å²) >= 11 is 0. The van der Waals surface area contributed by atoms with E-state index < -0.39 is 35.9 Å². The van der Waals surface area contributed by atoms with Gasteiger partial charge in [0.05, 0.1) is 11.1 Å². The highest BCUT2D eigenvalue weighted by Crippen LogP contribution is 2.31. The summed E-state index contributed by atoms with van der Waals surface area (Å²) in [6.07, 6.45) is -9.48. The number of nitrogens with one attached hydrogen (secondary N) is 1. The molecule has 0 bridgehead atoms. The lowest BCUT2D eigenvalue weighted by molar-refractivity contribution is -0.138. The molecule has 1 amide bonds. The van der Waals surface area contributed by atoms with Gasteiger partial charge in [0.1, 0.15) is 6.54 Å². The molecule has 0 heterocycles. The van der Waals surface area contributed by atoms with Crippen LogP contribution in [0.25, 0.3) is 0 Å². The second-order valence-electron chi connectivity index (χ2n) is 3.34. The molecule has 0 aliphatic carbocycles. The second-order valence-corrected chi connectivity index (χ2v) is 3.34. The number of hydrogen-bond donors (Lipinski definition) is 1. The van der Waals surface area contributed by atoms with Crippen molar-refractivity contribution in [2.24, 2.45) is 0 Å². The maximum Gasteiger partial charge on any atom is 0.417 e. The third-order valence-corrected chi connectivity index (χ3v) is 1.93. The third kappa shape index (κ3) is 3.94. The zero-order valence-corrected chi connectivity index (χ0v) is 8.69. The van der Waals surface area contributed by atoms with Crippen LogP contribution in [-0.2, 0) is 6.18 Å². The summed E-state index contributed by atoms with van der Waals surface area (Å²) in [6.45, 7) is -1.68. The van der Waals surface area contributed by atoms with E-state index in [-0.39, 0.29) is 0 Å². The van der Waals surface area contributed by atoms with Crippen LogP contribution in [0.5, 0.6) is 0 Å². The monoisotopic (exact) mass is 271 g/mol. The lowest BCUT2D eigenvalue weighted by Gasteiger charge is -2.13. The molecule has 0 aliphatic rings. The van der Waals surface area contributed by atoms with Crippen LogP contribution in [0.1, 0.15) is 15.9 Å². The normalized spacial score (nSPS) is 12.3. The standard InChI is InChI=1S/C10H7F6NO/c11-9(12,13)5-17-8(18)6-3-1-2-4-7(6)10(14,15)16/h1-4H,5H2,(H,17,18). The lowest BCUT2D eigenvalue weighted by Crippen LogP contribution is -2.34. The first kappa shape index (κ1) is 14.3. The number of rotatable bonds is 2. The molecule has 100 valence electrons. The Morgan fingerprint density at radius 3 is 2.11 bits per heavy atom. The van der Waals surface area contributed by atoms with Crippen LogP contribution < -0.4 is 5.32 Å². The van der Waals surface area contributed by atoms with E-state index in [4.69, 9.17) is 0 Å². The molecule has 0 fully saturated rings. The number of hydrogen-bond acceptors (Lipinski definition) is 1. The van der Waals surface area contributed by atoms with Gasteiger partial charge in [0.25, 0.3) is 5.91 Å². The van der Waals surface area contributed by atoms with E-state index in [2.05, 4.69) is 0 Å². The van der Waals surface area contributed by atoms with Crippen LogP contribution >= 0.6 is 0 Å². The van der Waals surface area contributed by atoms with Crippen molar-refractivity contribution in [1.29, 1.82) is 0 Å². The molecule has 18 heavy (non-hydrogen) atoms. The Labute approximate surface area is 97.6 Å². The largest absolute Gasteiger partial charge is 0.417 e. The molecule has 0 spiro atoms. The molecular weight excluding hydrogens is 264 g/mol. The topological polar surface area (TPSA) is 29.1 Å². The number of halogens is 6. The summed E-state index contributed by atoms with van der Waals surface area (Å²) in [5, 5.41) is 1.39. The molecule has 0 saturated heterocycles. The van der Waals surface area contributed by atoms with Crippen LogP contribution in [0, 0.1) is 0 Å². The molecule has 1 N–H and O–H groups in total. The number of carbonyl (C=O) groups is 1. The van der Waals surface area contributed by atoms with Crippen LogP contribution in [0.15, 0.2) is 24.3 Å². The van der Waals surface area contributed by atoms with Crippen molar-refractivity contribution in [2.45, 2.75) is 12.4 Å². The first-order valence-electron chi connectivity index (χ1n) is 4.62. The SMILES string of the molecule is O=C(NCC(F)(F)F)c1ccccc1C(F)(F)F. The molecule has 0 saturated carbocycles. The minimum Gasteiger partial charge on any atom is -0.343 e. The smallest absolute Gasteiger partial charge is 0.343 e. The summed E-state index contributed by atoms with van der Waals surface area (Å²) < 4.78 is 72.9. The second kappa shape index (κ2) is 4.87. The maximum absolute atomic E-state index is 12.5. The predicted molar refractivity (Wildman–Crippen MR) is 49.8 cm³/mol. The lowest BCUT2D eigenvalue weighted by atomic mass is 10.1. The fourth-order valence-electron chi connectivity index (χ4n) is 1.20. The summed E-state index contributed by atoms with van der Waals surface area (Å²) in [4.78, 5) is 11.2. The van der Waals surface area contributed by atoms with Crippen molar-refractivity contribution < 1.29 is 31.1 Å². The van der Waals surface area contributed by atoms with Gasteiger partial charge in [-0.15, -0.1) is 0 Å². The van der Waals surface area contributed by atoms with Gasteiger partial charge in [-0.1, -0.05) is 12.1 Å².